The molecule has 1 fully saturated rings. The van der Waals surface area contributed by atoms with Crippen LogP contribution >= 0.6 is 0 Å². The third-order valence-electron chi connectivity index (χ3n) is 5.26. The number of hydrogen-bond acceptors (Lipinski definition) is 4. The van der Waals surface area contributed by atoms with Gasteiger partial charge in [0.05, 0.1) is 6.42 Å². The lowest BCUT2D eigenvalue weighted by atomic mass is 9.96. The standard InChI is InChI=1S/C20H25F3N4O2/c1-25-11-8-24-18(25)19(29,20(21,22)23)14-17(28)27-10-5-9-26(12-13-27)15-16-6-3-2-4-7-16/h2-4,6-8,11,29H,5,9-10,12-15H2,1H3. The fraction of sp³-hybridized carbons (Fsp3) is 0.500. The number of carbonyl (C=O) groups excluding carboxylic acids is 1. The van der Waals surface area contributed by atoms with Crippen molar-refractivity contribution in [3.8, 4) is 0 Å². The molecule has 1 aromatic heterocycles. The number of carbonyl (C=O) groups is 1. The molecule has 3 rings (SSSR count). The summed E-state index contributed by atoms with van der Waals surface area (Å²) in [7, 11) is 1.36. The fourth-order valence-corrected chi connectivity index (χ4v) is 3.62. The Kier molecular flexibility index (Phi) is 6.28. The molecule has 0 bridgehead atoms. The highest BCUT2D eigenvalue weighted by molar-refractivity contribution is 5.77. The van der Waals surface area contributed by atoms with Gasteiger partial charge in [-0.3, -0.25) is 9.69 Å². The summed E-state index contributed by atoms with van der Waals surface area (Å²) in [5.41, 5.74) is -2.17. The molecular formula is C20H25F3N4O2. The third-order valence-corrected chi connectivity index (χ3v) is 5.26. The number of halogens is 3. The van der Waals surface area contributed by atoms with Gasteiger partial charge in [0.2, 0.25) is 11.5 Å². The molecule has 158 valence electrons. The van der Waals surface area contributed by atoms with E-state index in [9.17, 15) is 23.1 Å². The van der Waals surface area contributed by atoms with Gasteiger partial charge in [0.1, 0.15) is 0 Å². The number of rotatable bonds is 5. The van der Waals surface area contributed by atoms with Crippen molar-refractivity contribution in [1.82, 2.24) is 19.4 Å². The summed E-state index contributed by atoms with van der Waals surface area (Å²) >= 11 is 0. The molecule has 9 heteroatoms. The van der Waals surface area contributed by atoms with Gasteiger partial charge < -0.3 is 14.6 Å². The van der Waals surface area contributed by atoms with Gasteiger partial charge >= 0.3 is 6.18 Å². The lowest BCUT2D eigenvalue weighted by molar-refractivity contribution is -0.272. The first-order valence-electron chi connectivity index (χ1n) is 9.51. The van der Waals surface area contributed by atoms with Gasteiger partial charge in [0.25, 0.3) is 0 Å². The van der Waals surface area contributed by atoms with Crippen LogP contribution in [0.2, 0.25) is 0 Å². The average molecular weight is 410 g/mol. The molecule has 2 aromatic rings. The van der Waals surface area contributed by atoms with Gasteiger partial charge in [-0.15, -0.1) is 0 Å². The van der Waals surface area contributed by atoms with Crippen molar-refractivity contribution in [2.45, 2.75) is 31.2 Å². The minimum absolute atomic E-state index is 0.320. The van der Waals surface area contributed by atoms with Crippen molar-refractivity contribution in [1.29, 1.82) is 0 Å². The second-order valence-electron chi connectivity index (χ2n) is 7.39. The van der Waals surface area contributed by atoms with E-state index in [1.165, 1.54) is 24.3 Å². The van der Waals surface area contributed by atoms with Crippen LogP contribution in [0.5, 0.6) is 0 Å². The van der Waals surface area contributed by atoms with E-state index < -0.39 is 29.9 Å². The quantitative estimate of drug-likeness (QED) is 0.822. The molecule has 1 N–H and O–H groups in total. The van der Waals surface area contributed by atoms with E-state index in [0.717, 1.165) is 23.2 Å². The summed E-state index contributed by atoms with van der Waals surface area (Å²) in [6.07, 6.45) is -2.97. The second-order valence-corrected chi connectivity index (χ2v) is 7.39. The van der Waals surface area contributed by atoms with Crippen molar-refractivity contribution < 1.29 is 23.1 Å². The second kappa shape index (κ2) is 8.54. The van der Waals surface area contributed by atoms with Gasteiger partial charge in [0, 0.05) is 52.2 Å². The molecule has 1 aromatic carbocycles. The number of amides is 1. The first-order valence-corrected chi connectivity index (χ1v) is 9.51. The first kappa shape index (κ1) is 21.3. The monoisotopic (exact) mass is 410 g/mol. The van der Waals surface area contributed by atoms with Gasteiger partial charge in [-0.05, 0) is 12.0 Å². The number of aromatic nitrogens is 2. The SMILES string of the molecule is Cn1ccnc1C(O)(CC(=O)N1CCCN(Cc2ccccc2)CC1)C(F)(F)F. The minimum Gasteiger partial charge on any atom is -0.374 e. The molecule has 1 aliphatic rings. The maximum atomic E-state index is 13.7. The van der Waals surface area contributed by atoms with Crippen molar-refractivity contribution in [3.63, 3.8) is 0 Å². The van der Waals surface area contributed by atoms with Crippen LogP contribution in [0.4, 0.5) is 13.2 Å². The fourth-order valence-electron chi connectivity index (χ4n) is 3.62. The molecule has 0 radical (unpaired) electrons. The van der Waals surface area contributed by atoms with Crippen LogP contribution in [-0.2, 0) is 24.0 Å². The highest BCUT2D eigenvalue weighted by atomic mass is 19.4. The smallest absolute Gasteiger partial charge is 0.374 e. The minimum atomic E-state index is -5.02. The maximum absolute atomic E-state index is 13.7. The Labute approximate surface area is 167 Å². The topological polar surface area (TPSA) is 61.6 Å². The highest BCUT2D eigenvalue weighted by Gasteiger charge is 2.59. The molecular weight excluding hydrogens is 385 g/mol. The molecule has 1 saturated heterocycles. The van der Waals surface area contributed by atoms with Crippen LogP contribution in [0.15, 0.2) is 42.7 Å². The number of nitrogens with zero attached hydrogens (tertiary/aromatic N) is 4. The van der Waals surface area contributed by atoms with E-state index >= 15 is 0 Å². The summed E-state index contributed by atoms with van der Waals surface area (Å²) in [5, 5.41) is 10.4. The zero-order valence-electron chi connectivity index (χ0n) is 16.3. The third kappa shape index (κ3) is 4.79. The Hall–Kier alpha value is -2.39. The molecule has 0 saturated carbocycles. The summed E-state index contributed by atoms with van der Waals surface area (Å²) < 4.78 is 42.1. The number of hydrogen-bond donors (Lipinski definition) is 1. The van der Waals surface area contributed by atoms with Crippen LogP contribution in [0.3, 0.4) is 0 Å². The van der Waals surface area contributed by atoms with Gasteiger partial charge in [-0.1, -0.05) is 30.3 Å². The molecule has 0 spiro atoms. The average Bonchev–Trinajstić information content (AvgIpc) is 2.96. The van der Waals surface area contributed by atoms with E-state index in [4.69, 9.17) is 0 Å². The lowest BCUT2D eigenvalue weighted by Crippen LogP contribution is -2.49. The molecule has 1 atom stereocenters. The molecule has 0 aliphatic carbocycles. The summed E-state index contributed by atoms with van der Waals surface area (Å²) in [6, 6.07) is 9.89. The van der Waals surface area contributed by atoms with E-state index in [0.29, 0.717) is 26.1 Å². The predicted octanol–water partition coefficient (Wildman–Crippen LogP) is 2.29. The number of aliphatic hydroxyl groups is 1. The van der Waals surface area contributed by atoms with Crippen LogP contribution in [-0.4, -0.2) is 62.7 Å². The van der Waals surface area contributed by atoms with E-state index in [2.05, 4.69) is 9.88 Å². The Morgan fingerprint density at radius 1 is 1.14 bits per heavy atom. The number of benzene rings is 1. The van der Waals surface area contributed by atoms with Crippen molar-refractivity contribution in [3.05, 3.63) is 54.1 Å². The van der Waals surface area contributed by atoms with E-state index in [1.807, 2.05) is 30.3 Å². The van der Waals surface area contributed by atoms with Gasteiger partial charge in [-0.25, -0.2) is 4.98 Å². The normalized spacial score (nSPS) is 18.3. The van der Waals surface area contributed by atoms with Gasteiger partial charge in [-0.2, -0.15) is 13.2 Å². The Bertz CT molecular complexity index is 825. The van der Waals surface area contributed by atoms with Gasteiger partial charge in [0.15, 0.2) is 5.82 Å². The summed E-state index contributed by atoms with van der Waals surface area (Å²) in [6.45, 7) is 2.72. The van der Waals surface area contributed by atoms with Crippen LogP contribution < -0.4 is 0 Å². The van der Waals surface area contributed by atoms with Crippen molar-refractivity contribution in [2.24, 2.45) is 7.05 Å². The van der Waals surface area contributed by atoms with Crippen LogP contribution in [0.25, 0.3) is 0 Å². The highest BCUT2D eigenvalue weighted by Crippen LogP contribution is 2.41. The maximum Gasteiger partial charge on any atom is 0.425 e. The molecule has 2 heterocycles. The zero-order valence-corrected chi connectivity index (χ0v) is 16.3. The largest absolute Gasteiger partial charge is 0.425 e. The number of imidazole rings is 1. The molecule has 1 aliphatic heterocycles. The molecule has 1 unspecified atom stereocenters. The van der Waals surface area contributed by atoms with Crippen molar-refractivity contribution >= 4 is 5.91 Å². The molecule has 29 heavy (non-hydrogen) atoms. The summed E-state index contributed by atoms with van der Waals surface area (Å²) in [5.74, 6) is -1.31. The number of aryl methyl sites for hydroxylation is 1. The summed E-state index contributed by atoms with van der Waals surface area (Å²) in [4.78, 5) is 19.9. The number of alkyl halides is 3. The van der Waals surface area contributed by atoms with E-state index in [-0.39, 0.29) is 0 Å². The van der Waals surface area contributed by atoms with Crippen molar-refractivity contribution in [2.75, 3.05) is 26.2 Å². The zero-order chi connectivity index (χ0) is 21.1. The Morgan fingerprint density at radius 3 is 2.48 bits per heavy atom. The lowest BCUT2D eigenvalue weighted by Gasteiger charge is -2.31. The molecule has 6 nitrogen and oxygen atoms in total. The van der Waals surface area contributed by atoms with Crippen LogP contribution in [0.1, 0.15) is 24.2 Å². The molecule has 1 amide bonds. The van der Waals surface area contributed by atoms with E-state index in [1.54, 1.807) is 0 Å². The Morgan fingerprint density at radius 2 is 1.86 bits per heavy atom. The Balaban J connectivity index is 1.67. The van der Waals surface area contributed by atoms with Crippen LogP contribution in [0, 0.1) is 0 Å². The first-order chi connectivity index (χ1) is 13.7. The predicted molar refractivity (Wildman–Crippen MR) is 101 cm³/mol.